The van der Waals surface area contributed by atoms with Gasteiger partial charge in [0.25, 0.3) is 0 Å². The van der Waals surface area contributed by atoms with Crippen molar-refractivity contribution in [3.63, 3.8) is 0 Å². The summed E-state index contributed by atoms with van der Waals surface area (Å²) in [6.45, 7) is 8.17. The highest BCUT2D eigenvalue weighted by atomic mass is 16.5. The van der Waals surface area contributed by atoms with Gasteiger partial charge in [-0.2, -0.15) is 0 Å². The Kier molecular flexibility index (Phi) is 4.77. The van der Waals surface area contributed by atoms with Crippen molar-refractivity contribution in [1.82, 2.24) is 0 Å². The molecule has 3 heterocycles. The van der Waals surface area contributed by atoms with Gasteiger partial charge >= 0.3 is 5.63 Å². The highest BCUT2D eigenvalue weighted by Gasteiger charge is 2.44. The molecule has 0 fully saturated rings. The van der Waals surface area contributed by atoms with Crippen LogP contribution >= 0.6 is 0 Å². The molecular weight excluding hydrogens is 368 g/mol. The molecular formula is C24H26O5. The van der Waals surface area contributed by atoms with E-state index in [-0.39, 0.29) is 11.7 Å². The number of phenols is 1. The van der Waals surface area contributed by atoms with Crippen molar-refractivity contribution in [2.45, 2.75) is 58.5 Å². The first-order valence-corrected chi connectivity index (χ1v) is 9.95. The lowest BCUT2D eigenvalue weighted by Gasteiger charge is -2.28. The van der Waals surface area contributed by atoms with Crippen molar-refractivity contribution in [3.05, 3.63) is 69.5 Å². The van der Waals surface area contributed by atoms with E-state index >= 15 is 0 Å². The summed E-state index contributed by atoms with van der Waals surface area (Å²) in [6.07, 6.45) is 6.38. The number of hydrogen-bond donors (Lipinski definition) is 1. The molecule has 0 saturated heterocycles. The van der Waals surface area contributed by atoms with Crippen LogP contribution < -0.4 is 10.4 Å². The van der Waals surface area contributed by atoms with E-state index in [1.54, 1.807) is 18.4 Å². The third kappa shape index (κ3) is 3.57. The summed E-state index contributed by atoms with van der Waals surface area (Å²) in [7, 11) is 0. The fourth-order valence-electron chi connectivity index (χ4n) is 4.09. The van der Waals surface area contributed by atoms with Gasteiger partial charge in [0.15, 0.2) is 0 Å². The Morgan fingerprint density at radius 1 is 1.31 bits per heavy atom. The largest absolute Gasteiger partial charge is 0.508 e. The number of fused-ring (bicyclic) bond motifs is 3. The molecule has 1 aliphatic rings. The van der Waals surface area contributed by atoms with Gasteiger partial charge in [0.05, 0.1) is 17.2 Å². The lowest BCUT2D eigenvalue weighted by molar-refractivity contribution is 0.0862. The molecule has 1 aromatic carbocycles. The van der Waals surface area contributed by atoms with Crippen LogP contribution in [0.1, 0.15) is 56.4 Å². The second kappa shape index (κ2) is 7.14. The third-order valence-electron chi connectivity index (χ3n) is 5.93. The van der Waals surface area contributed by atoms with Crippen LogP contribution in [0.2, 0.25) is 0 Å². The maximum atomic E-state index is 12.6. The normalized spacial score (nSPS) is 21.4. The minimum atomic E-state index is -0.499. The van der Waals surface area contributed by atoms with E-state index in [1.165, 1.54) is 11.6 Å². The van der Waals surface area contributed by atoms with Gasteiger partial charge in [-0.3, -0.25) is 0 Å². The molecule has 1 aliphatic heterocycles. The fourth-order valence-corrected chi connectivity index (χ4v) is 4.09. The minimum Gasteiger partial charge on any atom is -0.508 e. The molecule has 152 valence electrons. The Morgan fingerprint density at radius 2 is 2.10 bits per heavy atom. The van der Waals surface area contributed by atoms with Crippen LogP contribution in [0.5, 0.6) is 11.5 Å². The van der Waals surface area contributed by atoms with Crippen LogP contribution in [0, 0.1) is 6.92 Å². The number of hydrogen-bond acceptors (Lipinski definition) is 5. The van der Waals surface area contributed by atoms with Gasteiger partial charge in [-0.15, -0.1) is 0 Å². The third-order valence-corrected chi connectivity index (χ3v) is 5.93. The number of ether oxygens (including phenoxy) is 1. The van der Waals surface area contributed by atoms with Gasteiger partial charge in [-0.05, 0) is 57.4 Å². The molecule has 29 heavy (non-hydrogen) atoms. The van der Waals surface area contributed by atoms with Crippen LogP contribution in [-0.4, -0.2) is 10.7 Å². The highest BCUT2D eigenvalue weighted by molar-refractivity contribution is 5.86. The van der Waals surface area contributed by atoms with Crippen LogP contribution in [0.25, 0.3) is 11.0 Å². The summed E-state index contributed by atoms with van der Waals surface area (Å²) in [4.78, 5) is 12.6. The predicted octanol–water partition coefficient (Wildman–Crippen LogP) is 5.62. The molecule has 0 unspecified atom stereocenters. The van der Waals surface area contributed by atoms with Gasteiger partial charge < -0.3 is 18.7 Å². The first-order valence-electron chi connectivity index (χ1n) is 9.95. The van der Waals surface area contributed by atoms with Gasteiger partial charge in [0, 0.05) is 18.4 Å². The molecule has 5 nitrogen and oxygen atoms in total. The SMILES string of the molecule is C/C(=C\CC[C@]1(C)Oc2c(c(=O)oc3cc(O)ccc23)[C@@H]1C)Cc1cc(C)co1. The second-order valence-corrected chi connectivity index (χ2v) is 8.31. The zero-order valence-corrected chi connectivity index (χ0v) is 17.2. The second-order valence-electron chi connectivity index (χ2n) is 8.31. The number of allylic oxidation sites excluding steroid dienone is 2. The van der Waals surface area contributed by atoms with E-state index in [0.29, 0.717) is 22.3 Å². The van der Waals surface area contributed by atoms with Crippen molar-refractivity contribution < 1.29 is 18.7 Å². The minimum absolute atomic E-state index is 0.0572. The van der Waals surface area contributed by atoms with E-state index < -0.39 is 11.2 Å². The number of aryl methyl sites for hydroxylation is 1. The number of furan rings is 1. The van der Waals surface area contributed by atoms with Crippen molar-refractivity contribution in [1.29, 1.82) is 0 Å². The van der Waals surface area contributed by atoms with E-state index in [0.717, 1.165) is 30.6 Å². The fraction of sp³-hybridized carbons (Fsp3) is 0.375. The zero-order chi connectivity index (χ0) is 20.8. The van der Waals surface area contributed by atoms with Crippen LogP contribution in [0.4, 0.5) is 0 Å². The van der Waals surface area contributed by atoms with Crippen molar-refractivity contribution in [3.8, 4) is 11.5 Å². The number of aromatic hydroxyl groups is 1. The quantitative estimate of drug-likeness (QED) is 0.449. The molecule has 0 amide bonds. The molecule has 2 aromatic heterocycles. The zero-order valence-electron chi connectivity index (χ0n) is 17.2. The highest BCUT2D eigenvalue weighted by Crippen LogP contribution is 2.48. The molecule has 0 spiro atoms. The molecule has 0 bridgehead atoms. The van der Waals surface area contributed by atoms with Gasteiger partial charge in [-0.1, -0.05) is 18.6 Å². The maximum Gasteiger partial charge on any atom is 0.343 e. The Labute approximate surface area is 169 Å². The molecule has 4 rings (SSSR count). The number of phenolic OH excluding ortho intramolecular Hbond substituents is 1. The van der Waals surface area contributed by atoms with Crippen LogP contribution in [0.15, 0.2) is 55.8 Å². The first-order chi connectivity index (χ1) is 13.8. The van der Waals surface area contributed by atoms with Crippen molar-refractivity contribution >= 4 is 11.0 Å². The van der Waals surface area contributed by atoms with Crippen LogP contribution in [0.3, 0.4) is 0 Å². The lowest BCUT2D eigenvalue weighted by Crippen LogP contribution is -2.33. The number of rotatable bonds is 5. The van der Waals surface area contributed by atoms with E-state index in [2.05, 4.69) is 19.1 Å². The van der Waals surface area contributed by atoms with E-state index in [4.69, 9.17) is 13.6 Å². The first kappa shape index (κ1) is 19.4. The Morgan fingerprint density at radius 3 is 2.83 bits per heavy atom. The standard InChI is InChI=1S/C24H26O5/c1-14(10-18-11-15(2)13-27-18)6-5-9-24(4)16(3)21-22(29-24)19-8-7-17(25)12-20(19)28-23(21)26/h6-8,11-13,16,25H,5,9-10H2,1-4H3/b14-6+/t16-,24-/m0/s1. The Hall–Kier alpha value is -2.95. The molecule has 3 aromatic rings. The Balaban J connectivity index is 1.53. The molecule has 2 atom stereocenters. The monoisotopic (exact) mass is 394 g/mol. The van der Waals surface area contributed by atoms with E-state index in [1.807, 2.05) is 20.8 Å². The Bertz CT molecular complexity index is 1150. The smallest absolute Gasteiger partial charge is 0.343 e. The molecule has 0 aliphatic carbocycles. The summed E-state index contributed by atoms with van der Waals surface area (Å²) in [5.41, 5.74) is 2.40. The summed E-state index contributed by atoms with van der Waals surface area (Å²) in [5, 5.41) is 10.4. The van der Waals surface area contributed by atoms with Crippen molar-refractivity contribution in [2.75, 3.05) is 0 Å². The average molecular weight is 394 g/mol. The van der Waals surface area contributed by atoms with Gasteiger partial charge in [0.2, 0.25) is 0 Å². The van der Waals surface area contributed by atoms with E-state index in [9.17, 15) is 9.90 Å². The average Bonchev–Trinajstić information content (AvgIpc) is 3.16. The van der Waals surface area contributed by atoms with Crippen molar-refractivity contribution in [2.24, 2.45) is 0 Å². The molecule has 5 heteroatoms. The maximum absolute atomic E-state index is 12.6. The summed E-state index contributed by atoms with van der Waals surface area (Å²) < 4.78 is 17.3. The van der Waals surface area contributed by atoms with Gasteiger partial charge in [0.1, 0.15) is 28.4 Å². The topological polar surface area (TPSA) is 72.8 Å². The summed E-state index contributed by atoms with van der Waals surface area (Å²) in [5.74, 6) is 1.51. The molecule has 0 radical (unpaired) electrons. The summed E-state index contributed by atoms with van der Waals surface area (Å²) >= 11 is 0. The molecule has 1 N–H and O–H groups in total. The van der Waals surface area contributed by atoms with Crippen LogP contribution in [-0.2, 0) is 6.42 Å². The molecule has 0 saturated carbocycles. The van der Waals surface area contributed by atoms with Gasteiger partial charge in [-0.25, -0.2) is 4.79 Å². The summed E-state index contributed by atoms with van der Waals surface area (Å²) in [6, 6.07) is 6.82. The lowest BCUT2D eigenvalue weighted by atomic mass is 9.84. The predicted molar refractivity (Wildman–Crippen MR) is 112 cm³/mol. The number of benzene rings is 1.